The summed E-state index contributed by atoms with van der Waals surface area (Å²) in [6.45, 7) is 0.973. The van der Waals surface area contributed by atoms with Crippen LogP contribution >= 0.6 is 16.1 Å². The molecule has 0 saturated carbocycles. The van der Waals surface area contributed by atoms with Crippen molar-refractivity contribution in [3.05, 3.63) is 71.3 Å². The molecule has 0 radical (unpaired) electrons. The van der Waals surface area contributed by atoms with Gasteiger partial charge in [-0.25, -0.2) is 3.93 Å². The van der Waals surface area contributed by atoms with Gasteiger partial charge in [0, 0.05) is 28.7 Å². The van der Waals surface area contributed by atoms with Gasteiger partial charge >= 0.3 is 0 Å². The van der Waals surface area contributed by atoms with E-state index in [9.17, 15) is 0 Å². The second-order valence-electron chi connectivity index (χ2n) is 6.68. The van der Waals surface area contributed by atoms with Gasteiger partial charge in [-0.1, -0.05) is 42.5 Å². The molecule has 3 aromatic rings. The van der Waals surface area contributed by atoms with Crippen LogP contribution in [0.2, 0.25) is 0 Å². The molecule has 1 aliphatic heterocycles. The third kappa shape index (κ3) is 3.19. The Hall–Kier alpha value is -2.04. The molecule has 3 nitrogen and oxygen atoms in total. The molecule has 26 heavy (non-hydrogen) atoms. The Morgan fingerprint density at radius 3 is 2.46 bits per heavy atom. The molecular formula is C22H22BrNO2. The average Bonchev–Trinajstić information content (AvgIpc) is 2.69. The van der Waals surface area contributed by atoms with Crippen LogP contribution in [0.25, 0.3) is 10.8 Å². The zero-order chi connectivity index (χ0) is 18.1. The molecule has 4 rings (SSSR count). The fraction of sp³-hybridized carbons (Fsp3) is 0.273. The number of hydrogen-bond donors (Lipinski definition) is 0. The van der Waals surface area contributed by atoms with Crippen molar-refractivity contribution in [2.75, 3.05) is 20.8 Å². The molecule has 0 N–H and O–H groups in total. The number of methoxy groups -OCH3 is 2. The normalized spacial score (nSPS) is 17.1. The number of fused-ring (bicyclic) bond motifs is 2. The van der Waals surface area contributed by atoms with E-state index in [2.05, 4.69) is 74.7 Å². The molecule has 0 fully saturated rings. The molecule has 3 aromatic carbocycles. The fourth-order valence-electron chi connectivity index (χ4n) is 3.80. The van der Waals surface area contributed by atoms with E-state index < -0.39 is 0 Å². The third-order valence-electron chi connectivity index (χ3n) is 5.18. The predicted octanol–water partition coefficient (Wildman–Crippen LogP) is 5.31. The number of hydrogen-bond acceptors (Lipinski definition) is 3. The van der Waals surface area contributed by atoms with Gasteiger partial charge in [-0.15, -0.1) is 0 Å². The van der Waals surface area contributed by atoms with Crippen LogP contribution in [-0.4, -0.2) is 24.7 Å². The van der Waals surface area contributed by atoms with Crippen LogP contribution < -0.4 is 9.47 Å². The van der Waals surface area contributed by atoms with Gasteiger partial charge in [0.25, 0.3) is 0 Å². The smallest absolute Gasteiger partial charge is 0.161 e. The highest BCUT2D eigenvalue weighted by Gasteiger charge is 2.28. The Labute approximate surface area is 162 Å². The molecule has 4 heteroatoms. The second-order valence-corrected chi connectivity index (χ2v) is 7.59. The van der Waals surface area contributed by atoms with Crippen molar-refractivity contribution in [1.82, 2.24) is 3.93 Å². The van der Waals surface area contributed by atoms with Gasteiger partial charge in [0.15, 0.2) is 11.5 Å². The van der Waals surface area contributed by atoms with E-state index in [4.69, 9.17) is 9.47 Å². The summed E-state index contributed by atoms with van der Waals surface area (Å²) < 4.78 is 13.3. The van der Waals surface area contributed by atoms with Crippen LogP contribution in [0, 0.1) is 0 Å². The van der Waals surface area contributed by atoms with Gasteiger partial charge in [-0.2, -0.15) is 0 Å². The van der Waals surface area contributed by atoms with Gasteiger partial charge in [0.05, 0.1) is 14.2 Å². The summed E-state index contributed by atoms with van der Waals surface area (Å²) in [4.78, 5) is 0. The minimum Gasteiger partial charge on any atom is -0.493 e. The summed E-state index contributed by atoms with van der Waals surface area (Å²) in [5, 5.41) is 2.57. The quantitative estimate of drug-likeness (QED) is 0.543. The molecule has 1 heterocycles. The molecule has 0 saturated heterocycles. The van der Waals surface area contributed by atoms with Crippen molar-refractivity contribution in [1.29, 1.82) is 0 Å². The van der Waals surface area contributed by atoms with Gasteiger partial charge in [-0.3, -0.25) is 0 Å². The Morgan fingerprint density at radius 2 is 1.69 bits per heavy atom. The van der Waals surface area contributed by atoms with E-state index in [1.165, 1.54) is 27.5 Å². The molecule has 0 aromatic heterocycles. The van der Waals surface area contributed by atoms with Gasteiger partial charge in [0.1, 0.15) is 0 Å². The van der Waals surface area contributed by atoms with Crippen molar-refractivity contribution in [3.8, 4) is 11.5 Å². The van der Waals surface area contributed by atoms with Gasteiger partial charge in [-0.05, 0) is 52.4 Å². The van der Waals surface area contributed by atoms with Crippen molar-refractivity contribution >= 4 is 26.9 Å². The van der Waals surface area contributed by atoms with Crippen LogP contribution in [0.5, 0.6) is 11.5 Å². The maximum Gasteiger partial charge on any atom is 0.161 e. The lowest BCUT2D eigenvalue weighted by Gasteiger charge is -2.33. The van der Waals surface area contributed by atoms with Crippen molar-refractivity contribution in [2.24, 2.45) is 0 Å². The molecule has 0 bridgehead atoms. The number of nitrogens with zero attached hydrogens (tertiary/aromatic N) is 1. The molecule has 0 amide bonds. The third-order valence-corrected chi connectivity index (χ3v) is 6.03. The Bertz CT molecular complexity index is 941. The number of benzene rings is 3. The summed E-state index contributed by atoms with van der Waals surface area (Å²) in [5.41, 5.74) is 3.98. The van der Waals surface area contributed by atoms with Crippen molar-refractivity contribution in [3.63, 3.8) is 0 Å². The first kappa shape index (κ1) is 17.4. The van der Waals surface area contributed by atoms with E-state index in [1.54, 1.807) is 14.2 Å². The molecule has 0 aliphatic carbocycles. The summed E-state index contributed by atoms with van der Waals surface area (Å²) in [5.74, 6) is 1.59. The number of ether oxygens (including phenoxy) is 2. The maximum atomic E-state index is 5.53. The minimum atomic E-state index is 0.264. The number of halogens is 1. The Kier molecular flexibility index (Phi) is 4.88. The van der Waals surface area contributed by atoms with Crippen LogP contribution in [0.3, 0.4) is 0 Å². The monoisotopic (exact) mass is 411 g/mol. The lowest BCUT2D eigenvalue weighted by molar-refractivity contribution is 0.334. The van der Waals surface area contributed by atoms with E-state index in [-0.39, 0.29) is 6.04 Å². The SMILES string of the molecule is COc1cc2c(cc1OC)[C@H](Cc1ccc3ccccc3c1)N(Br)CC2. The Balaban J connectivity index is 1.71. The highest BCUT2D eigenvalue weighted by atomic mass is 79.9. The summed E-state index contributed by atoms with van der Waals surface area (Å²) >= 11 is 3.78. The van der Waals surface area contributed by atoms with E-state index in [1.807, 2.05) is 0 Å². The van der Waals surface area contributed by atoms with Crippen molar-refractivity contribution < 1.29 is 9.47 Å². The molecule has 0 spiro atoms. The van der Waals surface area contributed by atoms with Crippen LogP contribution in [0.4, 0.5) is 0 Å². The highest BCUT2D eigenvalue weighted by Crippen LogP contribution is 2.40. The van der Waals surface area contributed by atoms with E-state index in [0.717, 1.165) is 30.9 Å². The van der Waals surface area contributed by atoms with Crippen LogP contribution in [0.1, 0.15) is 22.7 Å². The van der Waals surface area contributed by atoms with Gasteiger partial charge in [0.2, 0.25) is 0 Å². The van der Waals surface area contributed by atoms with E-state index in [0.29, 0.717) is 0 Å². The maximum absolute atomic E-state index is 5.53. The first-order chi connectivity index (χ1) is 12.7. The molecular weight excluding hydrogens is 390 g/mol. The summed E-state index contributed by atoms with van der Waals surface area (Å²) in [6, 6.07) is 19.8. The van der Waals surface area contributed by atoms with Crippen LogP contribution in [-0.2, 0) is 12.8 Å². The largest absolute Gasteiger partial charge is 0.493 e. The van der Waals surface area contributed by atoms with Crippen LogP contribution in [0.15, 0.2) is 54.6 Å². The average molecular weight is 412 g/mol. The molecule has 134 valence electrons. The van der Waals surface area contributed by atoms with E-state index >= 15 is 0 Å². The second kappa shape index (κ2) is 7.29. The summed E-state index contributed by atoms with van der Waals surface area (Å²) in [6.07, 6.45) is 1.94. The highest BCUT2D eigenvalue weighted by molar-refractivity contribution is 9.07. The zero-order valence-corrected chi connectivity index (χ0v) is 16.6. The van der Waals surface area contributed by atoms with Gasteiger partial charge < -0.3 is 9.47 Å². The standard InChI is InChI=1S/C22H22BrNO2/c1-25-21-13-18-9-10-24(23)20(19(18)14-22(21)26-2)12-15-7-8-16-5-3-4-6-17(16)11-15/h3-8,11,13-14,20H,9-10,12H2,1-2H3/t20-/m0/s1. The minimum absolute atomic E-state index is 0.264. The predicted molar refractivity (Wildman–Crippen MR) is 109 cm³/mol. The molecule has 1 atom stereocenters. The zero-order valence-electron chi connectivity index (χ0n) is 15.0. The molecule has 0 unspecified atom stereocenters. The lowest BCUT2D eigenvalue weighted by Crippen LogP contribution is -2.29. The Morgan fingerprint density at radius 1 is 0.962 bits per heavy atom. The van der Waals surface area contributed by atoms with Crippen molar-refractivity contribution in [2.45, 2.75) is 18.9 Å². The number of rotatable bonds is 4. The topological polar surface area (TPSA) is 21.7 Å². The summed E-state index contributed by atoms with van der Waals surface area (Å²) in [7, 11) is 3.38. The first-order valence-corrected chi connectivity index (χ1v) is 9.55. The first-order valence-electron chi connectivity index (χ1n) is 8.84. The lowest BCUT2D eigenvalue weighted by atomic mass is 9.89. The molecule has 1 aliphatic rings. The fourth-order valence-corrected chi connectivity index (χ4v) is 4.34.